The molecule has 0 aromatic heterocycles. The lowest BCUT2D eigenvalue weighted by atomic mass is 9.92. The smallest absolute Gasteiger partial charge is 0.318 e. The Morgan fingerprint density at radius 3 is 2.37 bits per heavy atom. The molecule has 1 aromatic carbocycles. The summed E-state index contributed by atoms with van der Waals surface area (Å²) in [5, 5.41) is 11.3. The number of nitrogens with zero attached hydrogens (tertiary/aromatic N) is 1. The van der Waals surface area contributed by atoms with E-state index in [2.05, 4.69) is 0 Å². The van der Waals surface area contributed by atoms with E-state index < -0.39 is 0 Å². The summed E-state index contributed by atoms with van der Waals surface area (Å²) in [5.74, 6) is 1.09. The first kappa shape index (κ1) is 11.0. The molecule has 4 rings (SSSR count). The van der Waals surface area contributed by atoms with Gasteiger partial charge in [-0.3, -0.25) is 10.1 Å². The van der Waals surface area contributed by atoms with Gasteiger partial charge in [0.15, 0.2) is 0 Å². The predicted molar refractivity (Wildman–Crippen MR) is 66.6 cm³/mol. The Balaban J connectivity index is 2.07. The highest BCUT2D eigenvalue weighted by Gasteiger charge is 2.49. The number of hydrogen-bond acceptors (Lipinski definition) is 5. The van der Waals surface area contributed by atoms with Gasteiger partial charge < -0.3 is 15.2 Å². The van der Waals surface area contributed by atoms with Crippen molar-refractivity contribution in [3.8, 4) is 11.5 Å². The zero-order valence-electron chi connectivity index (χ0n) is 10.4. The number of nitro benzene ring substituents is 1. The standard InChI is InChI=1S/C13H14N2O4/c14-13(3-4-13)9-7-1-5-19-12(7)10(15(16)17)8-2-6-18-11(8)9/h1-6,14H2. The number of ether oxygens (including phenoxy) is 2. The summed E-state index contributed by atoms with van der Waals surface area (Å²) < 4.78 is 11.2. The zero-order chi connectivity index (χ0) is 13.2. The maximum absolute atomic E-state index is 11.3. The third-order valence-corrected chi connectivity index (χ3v) is 4.24. The Morgan fingerprint density at radius 2 is 1.74 bits per heavy atom. The van der Waals surface area contributed by atoms with Crippen molar-refractivity contribution < 1.29 is 14.4 Å². The molecule has 6 nitrogen and oxygen atoms in total. The Kier molecular flexibility index (Phi) is 1.97. The largest absolute Gasteiger partial charge is 0.492 e. The van der Waals surface area contributed by atoms with Gasteiger partial charge in [0.1, 0.15) is 5.75 Å². The van der Waals surface area contributed by atoms with E-state index in [1.807, 2.05) is 0 Å². The van der Waals surface area contributed by atoms with E-state index in [1.165, 1.54) is 0 Å². The van der Waals surface area contributed by atoms with Gasteiger partial charge in [0, 0.05) is 29.5 Å². The summed E-state index contributed by atoms with van der Waals surface area (Å²) in [5.41, 5.74) is 8.60. The molecule has 0 bridgehead atoms. The molecule has 2 heterocycles. The van der Waals surface area contributed by atoms with E-state index in [9.17, 15) is 10.1 Å². The molecule has 1 saturated carbocycles. The summed E-state index contributed by atoms with van der Waals surface area (Å²) in [7, 11) is 0. The van der Waals surface area contributed by atoms with E-state index in [1.54, 1.807) is 0 Å². The molecule has 0 amide bonds. The van der Waals surface area contributed by atoms with Crippen molar-refractivity contribution in [2.75, 3.05) is 13.2 Å². The summed E-state index contributed by atoms with van der Waals surface area (Å²) >= 11 is 0. The second kappa shape index (κ2) is 3.39. The van der Waals surface area contributed by atoms with Crippen LogP contribution in [0.3, 0.4) is 0 Å². The van der Waals surface area contributed by atoms with Crippen molar-refractivity contribution >= 4 is 5.69 Å². The van der Waals surface area contributed by atoms with Crippen LogP contribution in [0.25, 0.3) is 0 Å². The van der Waals surface area contributed by atoms with E-state index in [4.69, 9.17) is 15.2 Å². The molecule has 2 N–H and O–H groups in total. The Morgan fingerprint density at radius 1 is 1.11 bits per heavy atom. The van der Waals surface area contributed by atoms with Crippen LogP contribution in [0.1, 0.15) is 29.5 Å². The molecule has 6 heteroatoms. The summed E-state index contributed by atoms with van der Waals surface area (Å²) in [6.45, 7) is 0.976. The Labute approximate surface area is 109 Å². The van der Waals surface area contributed by atoms with Gasteiger partial charge in [-0.2, -0.15) is 0 Å². The maximum atomic E-state index is 11.3. The number of hydrogen-bond donors (Lipinski definition) is 1. The molecule has 0 spiro atoms. The van der Waals surface area contributed by atoms with Gasteiger partial charge in [0.2, 0.25) is 5.75 Å². The molecule has 1 fully saturated rings. The van der Waals surface area contributed by atoms with Crippen LogP contribution in [0.5, 0.6) is 11.5 Å². The van der Waals surface area contributed by atoms with Gasteiger partial charge >= 0.3 is 5.69 Å². The lowest BCUT2D eigenvalue weighted by Crippen LogP contribution is -2.21. The van der Waals surface area contributed by atoms with Crippen LogP contribution >= 0.6 is 0 Å². The molecule has 0 unspecified atom stereocenters. The van der Waals surface area contributed by atoms with Gasteiger partial charge in [-0.15, -0.1) is 0 Å². The molecular weight excluding hydrogens is 248 g/mol. The highest BCUT2D eigenvalue weighted by atomic mass is 16.6. The lowest BCUT2D eigenvalue weighted by Gasteiger charge is -2.18. The van der Waals surface area contributed by atoms with E-state index in [-0.39, 0.29) is 16.1 Å². The second-order valence-electron chi connectivity index (χ2n) is 5.45. The van der Waals surface area contributed by atoms with Gasteiger partial charge in [0.25, 0.3) is 0 Å². The Bertz CT molecular complexity index is 572. The third kappa shape index (κ3) is 1.35. The van der Waals surface area contributed by atoms with Crippen molar-refractivity contribution in [2.24, 2.45) is 5.73 Å². The van der Waals surface area contributed by atoms with Crippen LogP contribution in [0, 0.1) is 10.1 Å². The normalized spacial score (nSPS) is 21.3. The minimum Gasteiger partial charge on any atom is -0.492 e. The summed E-state index contributed by atoms with van der Waals surface area (Å²) in [4.78, 5) is 11.0. The van der Waals surface area contributed by atoms with Gasteiger partial charge in [-0.05, 0) is 12.8 Å². The summed E-state index contributed by atoms with van der Waals surface area (Å²) in [6.07, 6.45) is 3.06. The Hall–Kier alpha value is -1.82. The quantitative estimate of drug-likeness (QED) is 0.643. The monoisotopic (exact) mass is 262 g/mol. The highest BCUT2D eigenvalue weighted by molar-refractivity contribution is 5.71. The van der Waals surface area contributed by atoms with Crippen LogP contribution in [0.4, 0.5) is 5.69 Å². The average Bonchev–Trinajstić information content (AvgIpc) is 2.82. The van der Waals surface area contributed by atoms with Crippen LogP contribution < -0.4 is 15.2 Å². The van der Waals surface area contributed by atoms with E-state index in [0.717, 1.165) is 24.0 Å². The van der Waals surface area contributed by atoms with Crippen molar-refractivity contribution in [1.29, 1.82) is 0 Å². The molecule has 0 atom stereocenters. The van der Waals surface area contributed by atoms with Crippen molar-refractivity contribution in [3.05, 3.63) is 26.8 Å². The van der Waals surface area contributed by atoms with Crippen LogP contribution in [0.15, 0.2) is 0 Å². The second-order valence-corrected chi connectivity index (χ2v) is 5.45. The molecule has 100 valence electrons. The molecule has 3 aliphatic rings. The minimum absolute atomic E-state index is 0.0907. The number of fused-ring (bicyclic) bond motifs is 2. The molecular formula is C13H14N2O4. The number of nitrogens with two attached hydrogens (primary N) is 1. The number of benzene rings is 1. The van der Waals surface area contributed by atoms with Gasteiger partial charge in [-0.25, -0.2) is 0 Å². The lowest BCUT2D eigenvalue weighted by molar-refractivity contribution is -0.386. The fourth-order valence-corrected chi connectivity index (χ4v) is 3.19. The molecule has 1 aromatic rings. The number of nitro groups is 1. The summed E-state index contributed by atoms with van der Waals surface area (Å²) in [6, 6.07) is 0. The highest BCUT2D eigenvalue weighted by Crippen LogP contribution is 2.56. The topological polar surface area (TPSA) is 87.6 Å². The van der Waals surface area contributed by atoms with Crippen molar-refractivity contribution in [2.45, 2.75) is 31.2 Å². The number of rotatable bonds is 2. The molecule has 0 radical (unpaired) electrons. The van der Waals surface area contributed by atoms with Crippen LogP contribution in [-0.2, 0) is 18.4 Å². The van der Waals surface area contributed by atoms with Crippen molar-refractivity contribution in [3.63, 3.8) is 0 Å². The fourth-order valence-electron chi connectivity index (χ4n) is 3.19. The maximum Gasteiger partial charge on any atom is 0.318 e. The zero-order valence-corrected chi connectivity index (χ0v) is 10.4. The molecule has 19 heavy (non-hydrogen) atoms. The SMILES string of the molecule is NC1(c2c3c(c([N+](=O)[O-])c4c2OCC4)OCC3)CC1. The molecule has 1 aliphatic carbocycles. The van der Waals surface area contributed by atoms with E-state index in [0.29, 0.717) is 43.1 Å². The first-order valence-electron chi connectivity index (χ1n) is 6.53. The predicted octanol–water partition coefficient (Wildman–Crippen LogP) is 1.41. The third-order valence-electron chi connectivity index (χ3n) is 4.24. The average molecular weight is 262 g/mol. The van der Waals surface area contributed by atoms with Gasteiger partial charge in [-0.1, -0.05) is 0 Å². The first-order valence-corrected chi connectivity index (χ1v) is 6.53. The van der Waals surface area contributed by atoms with E-state index >= 15 is 0 Å². The van der Waals surface area contributed by atoms with Gasteiger partial charge in [0.05, 0.1) is 23.7 Å². The van der Waals surface area contributed by atoms with Crippen LogP contribution in [-0.4, -0.2) is 18.1 Å². The first-order chi connectivity index (χ1) is 9.12. The molecule has 0 saturated heterocycles. The van der Waals surface area contributed by atoms with Crippen LogP contribution in [0.2, 0.25) is 0 Å². The molecule has 2 aliphatic heterocycles. The minimum atomic E-state index is -0.360. The fraction of sp³-hybridized carbons (Fsp3) is 0.538. The van der Waals surface area contributed by atoms with Crippen molar-refractivity contribution in [1.82, 2.24) is 0 Å².